The predicted octanol–water partition coefficient (Wildman–Crippen LogP) is 3.37. The molecule has 2 N–H and O–H groups in total. The molecule has 0 aliphatic carbocycles. The zero-order valence-electron chi connectivity index (χ0n) is 15.7. The summed E-state index contributed by atoms with van der Waals surface area (Å²) in [6.45, 7) is 6.88. The minimum Gasteiger partial charge on any atom is -0.371 e. The molecule has 0 spiro atoms. The molecule has 27 heavy (non-hydrogen) atoms. The average molecular weight is 375 g/mol. The quantitative estimate of drug-likeness (QED) is 0.788. The molecule has 2 aromatic rings. The highest BCUT2D eigenvalue weighted by atomic mass is 19.2. The molecule has 1 aromatic heterocycles. The van der Waals surface area contributed by atoms with E-state index in [-0.39, 0.29) is 17.6 Å². The molecule has 1 aromatic carbocycles. The molecular formula is C20H23F2N3O2. The number of Topliss-reactive ketones (excluding diaryl/α,β-unsaturated/α-hetero) is 1. The number of aryl methyl sites for hydroxylation is 1. The molecule has 2 heterocycles. The van der Waals surface area contributed by atoms with Crippen molar-refractivity contribution in [2.24, 2.45) is 5.92 Å². The Labute approximate surface area is 156 Å². The first kappa shape index (κ1) is 19.1. The van der Waals surface area contributed by atoms with Gasteiger partial charge in [0.25, 0.3) is 5.91 Å². The van der Waals surface area contributed by atoms with Crippen LogP contribution in [0.3, 0.4) is 0 Å². The van der Waals surface area contributed by atoms with Crippen molar-refractivity contribution in [2.45, 2.75) is 27.2 Å². The zero-order chi connectivity index (χ0) is 19.7. The van der Waals surface area contributed by atoms with Crippen LogP contribution in [0.5, 0.6) is 0 Å². The first-order valence-electron chi connectivity index (χ1n) is 8.96. The Hall–Kier alpha value is -2.70. The molecule has 1 aliphatic rings. The summed E-state index contributed by atoms with van der Waals surface area (Å²) in [6, 6.07) is 3.89. The Kier molecular flexibility index (Phi) is 5.30. The summed E-state index contributed by atoms with van der Waals surface area (Å²) >= 11 is 0. The molecule has 1 fully saturated rings. The number of hydrogen-bond donors (Lipinski definition) is 2. The van der Waals surface area contributed by atoms with Gasteiger partial charge in [-0.25, -0.2) is 8.78 Å². The summed E-state index contributed by atoms with van der Waals surface area (Å²) in [5.41, 5.74) is 2.96. The number of rotatable bonds is 5. The van der Waals surface area contributed by atoms with Gasteiger partial charge in [0, 0.05) is 42.6 Å². The maximum atomic E-state index is 13.4. The van der Waals surface area contributed by atoms with Gasteiger partial charge in [-0.05, 0) is 50.8 Å². The number of hydrogen-bond acceptors (Lipinski definition) is 3. The first-order valence-corrected chi connectivity index (χ1v) is 8.96. The lowest BCUT2D eigenvalue weighted by atomic mass is 10.1. The van der Waals surface area contributed by atoms with Gasteiger partial charge >= 0.3 is 0 Å². The van der Waals surface area contributed by atoms with Crippen LogP contribution < -0.4 is 10.2 Å². The smallest absolute Gasteiger partial charge is 0.268 e. The molecule has 0 bridgehead atoms. The normalized spacial score (nSPS) is 16.6. The largest absolute Gasteiger partial charge is 0.371 e. The molecule has 3 rings (SSSR count). The Bertz CT molecular complexity index is 892. The summed E-state index contributed by atoms with van der Waals surface area (Å²) in [4.78, 5) is 29.2. The average Bonchev–Trinajstić information content (AvgIpc) is 3.19. The van der Waals surface area contributed by atoms with E-state index < -0.39 is 11.6 Å². The highest BCUT2D eigenvalue weighted by Crippen LogP contribution is 2.25. The highest BCUT2D eigenvalue weighted by Gasteiger charge is 2.25. The fraction of sp³-hybridized carbons (Fsp3) is 0.400. The van der Waals surface area contributed by atoms with Crippen molar-refractivity contribution in [2.75, 3.05) is 24.5 Å². The number of anilines is 1. The van der Waals surface area contributed by atoms with Crippen LogP contribution in [0, 0.1) is 31.4 Å². The van der Waals surface area contributed by atoms with Crippen LogP contribution in [-0.2, 0) is 0 Å². The molecule has 0 radical (unpaired) electrons. The van der Waals surface area contributed by atoms with E-state index in [0.29, 0.717) is 41.3 Å². The van der Waals surface area contributed by atoms with Gasteiger partial charge in [-0.2, -0.15) is 0 Å². The van der Waals surface area contributed by atoms with Crippen molar-refractivity contribution < 1.29 is 18.4 Å². The van der Waals surface area contributed by atoms with Crippen molar-refractivity contribution in [3.63, 3.8) is 0 Å². The van der Waals surface area contributed by atoms with Gasteiger partial charge in [-0.3, -0.25) is 9.59 Å². The monoisotopic (exact) mass is 375 g/mol. The van der Waals surface area contributed by atoms with Crippen LogP contribution >= 0.6 is 0 Å². The lowest BCUT2D eigenvalue weighted by Crippen LogP contribution is -2.31. The van der Waals surface area contributed by atoms with Crippen molar-refractivity contribution in [3.05, 3.63) is 52.3 Å². The van der Waals surface area contributed by atoms with Crippen LogP contribution in [0.2, 0.25) is 0 Å². The summed E-state index contributed by atoms with van der Waals surface area (Å²) in [5, 5.41) is 2.91. The van der Waals surface area contributed by atoms with Crippen LogP contribution in [-0.4, -0.2) is 36.3 Å². The van der Waals surface area contributed by atoms with E-state index in [4.69, 9.17) is 0 Å². The maximum absolute atomic E-state index is 13.4. The minimum atomic E-state index is -0.858. The molecule has 1 saturated heterocycles. The second-order valence-electron chi connectivity index (χ2n) is 7.09. The molecule has 7 heteroatoms. The van der Waals surface area contributed by atoms with Gasteiger partial charge in [0.05, 0.1) is 0 Å². The van der Waals surface area contributed by atoms with Gasteiger partial charge in [0.15, 0.2) is 17.4 Å². The van der Waals surface area contributed by atoms with Crippen molar-refractivity contribution in [3.8, 4) is 0 Å². The van der Waals surface area contributed by atoms with Crippen LogP contribution in [0.1, 0.15) is 45.4 Å². The summed E-state index contributed by atoms with van der Waals surface area (Å²) in [7, 11) is 0. The Morgan fingerprint density at radius 1 is 1.26 bits per heavy atom. The second kappa shape index (κ2) is 7.50. The number of carbonyl (C=O) groups is 2. The Balaban J connectivity index is 1.60. The van der Waals surface area contributed by atoms with Gasteiger partial charge in [0.2, 0.25) is 0 Å². The van der Waals surface area contributed by atoms with E-state index >= 15 is 0 Å². The molecule has 1 unspecified atom stereocenters. The van der Waals surface area contributed by atoms with E-state index in [1.807, 2.05) is 4.90 Å². The highest BCUT2D eigenvalue weighted by molar-refractivity contribution is 6.02. The van der Waals surface area contributed by atoms with Crippen molar-refractivity contribution in [1.29, 1.82) is 0 Å². The van der Waals surface area contributed by atoms with E-state index in [9.17, 15) is 18.4 Å². The van der Waals surface area contributed by atoms with Crippen LogP contribution in [0.25, 0.3) is 0 Å². The number of carbonyl (C=O) groups excluding carboxylic acids is 2. The molecular weight excluding hydrogens is 352 g/mol. The number of aromatic amines is 1. The third-order valence-electron chi connectivity index (χ3n) is 5.12. The van der Waals surface area contributed by atoms with Gasteiger partial charge < -0.3 is 15.2 Å². The van der Waals surface area contributed by atoms with E-state index in [1.54, 1.807) is 19.9 Å². The lowest BCUT2D eigenvalue weighted by Gasteiger charge is -2.19. The summed E-state index contributed by atoms with van der Waals surface area (Å²) in [5.74, 6) is -1.82. The van der Waals surface area contributed by atoms with Gasteiger partial charge in [-0.1, -0.05) is 0 Å². The molecule has 1 amide bonds. The Morgan fingerprint density at radius 3 is 2.63 bits per heavy atom. The third-order valence-corrected chi connectivity index (χ3v) is 5.12. The number of benzene rings is 1. The topological polar surface area (TPSA) is 65.2 Å². The molecule has 0 saturated carbocycles. The second-order valence-corrected chi connectivity index (χ2v) is 7.09. The number of nitrogens with one attached hydrogen (secondary N) is 2. The Morgan fingerprint density at radius 2 is 2.00 bits per heavy atom. The summed E-state index contributed by atoms with van der Waals surface area (Å²) < 4.78 is 26.5. The first-order chi connectivity index (χ1) is 12.8. The van der Waals surface area contributed by atoms with Crippen molar-refractivity contribution in [1.82, 2.24) is 10.3 Å². The zero-order valence-corrected chi connectivity index (χ0v) is 15.7. The van der Waals surface area contributed by atoms with E-state index in [1.165, 1.54) is 13.0 Å². The number of nitrogens with zero attached hydrogens (tertiary/aromatic N) is 1. The standard InChI is InChI=1S/C20H23F2N3O2/c1-11-18(13(3)26)12(2)24-19(11)20(27)23-9-14-6-7-25(10-14)15-4-5-16(21)17(22)8-15/h4-5,8,14,24H,6-7,9-10H2,1-3H3,(H,23,27). The predicted molar refractivity (Wildman–Crippen MR) is 99.3 cm³/mol. The number of halogens is 2. The summed E-state index contributed by atoms with van der Waals surface area (Å²) in [6.07, 6.45) is 0.848. The number of aromatic nitrogens is 1. The molecule has 1 atom stereocenters. The minimum absolute atomic E-state index is 0.0711. The molecule has 5 nitrogen and oxygen atoms in total. The lowest BCUT2D eigenvalue weighted by molar-refractivity contribution is 0.0943. The fourth-order valence-electron chi connectivity index (χ4n) is 3.75. The number of H-pyrrole nitrogens is 1. The maximum Gasteiger partial charge on any atom is 0.268 e. The van der Waals surface area contributed by atoms with Gasteiger partial charge in [0.1, 0.15) is 5.69 Å². The third kappa shape index (κ3) is 3.86. The number of amides is 1. The number of ketones is 1. The molecule has 1 aliphatic heterocycles. The molecule has 144 valence electrons. The fourth-order valence-corrected chi connectivity index (χ4v) is 3.75. The van der Waals surface area contributed by atoms with Gasteiger partial charge in [-0.15, -0.1) is 0 Å². The van der Waals surface area contributed by atoms with Crippen LogP contribution in [0.15, 0.2) is 18.2 Å². The van der Waals surface area contributed by atoms with Crippen molar-refractivity contribution >= 4 is 17.4 Å². The van der Waals surface area contributed by atoms with E-state index in [0.717, 1.165) is 19.0 Å². The SMILES string of the molecule is CC(=O)c1c(C)[nH]c(C(=O)NCC2CCN(c3ccc(F)c(F)c3)C2)c1C. The van der Waals surface area contributed by atoms with Crippen LogP contribution in [0.4, 0.5) is 14.5 Å². The van der Waals surface area contributed by atoms with E-state index in [2.05, 4.69) is 10.3 Å².